The zero-order valence-electron chi connectivity index (χ0n) is 9.60. The fraction of sp³-hybridized carbons (Fsp3) is 0.500. The van der Waals surface area contributed by atoms with E-state index < -0.39 is 0 Å². The summed E-state index contributed by atoms with van der Waals surface area (Å²) >= 11 is 6.08. The molecule has 0 atom stereocenters. The lowest BCUT2D eigenvalue weighted by atomic mass is 9.86. The molecule has 0 heterocycles. The molecule has 1 rings (SSSR count). The molecule has 84 valence electrons. The van der Waals surface area contributed by atoms with Gasteiger partial charge in [0, 0.05) is 5.56 Å². The first kappa shape index (κ1) is 12.3. The number of rotatable bonds is 2. The first-order valence-electron chi connectivity index (χ1n) is 4.88. The summed E-state index contributed by atoms with van der Waals surface area (Å²) in [5.74, 6) is 0.562. The van der Waals surface area contributed by atoms with Crippen molar-refractivity contribution in [2.75, 3.05) is 7.11 Å². The van der Waals surface area contributed by atoms with Crippen molar-refractivity contribution in [2.24, 2.45) is 0 Å². The molecule has 1 aromatic carbocycles. The summed E-state index contributed by atoms with van der Waals surface area (Å²) in [5.41, 5.74) is 1.84. The summed E-state index contributed by atoms with van der Waals surface area (Å²) < 4.78 is 5.14. The van der Waals surface area contributed by atoms with Crippen LogP contribution in [0, 0.1) is 0 Å². The smallest absolute Gasteiger partial charge is 0.142 e. The first-order chi connectivity index (χ1) is 6.90. The van der Waals surface area contributed by atoms with Crippen LogP contribution in [0.1, 0.15) is 31.9 Å². The van der Waals surface area contributed by atoms with E-state index in [1.807, 2.05) is 12.1 Å². The highest BCUT2D eigenvalue weighted by Crippen LogP contribution is 2.34. The van der Waals surface area contributed by atoms with E-state index >= 15 is 0 Å². The third-order valence-corrected chi connectivity index (χ3v) is 2.64. The van der Waals surface area contributed by atoms with E-state index in [0.29, 0.717) is 10.8 Å². The van der Waals surface area contributed by atoms with Crippen molar-refractivity contribution >= 4 is 11.6 Å². The van der Waals surface area contributed by atoms with Crippen molar-refractivity contribution in [2.45, 2.75) is 32.8 Å². The van der Waals surface area contributed by atoms with Crippen LogP contribution in [-0.2, 0) is 12.0 Å². The summed E-state index contributed by atoms with van der Waals surface area (Å²) in [6.45, 7) is 6.25. The molecule has 1 N–H and O–H groups in total. The van der Waals surface area contributed by atoms with Crippen LogP contribution in [0.15, 0.2) is 12.1 Å². The second kappa shape index (κ2) is 4.42. The average molecular weight is 229 g/mol. The molecule has 0 aromatic heterocycles. The van der Waals surface area contributed by atoms with Gasteiger partial charge in [0.15, 0.2) is 0 Å². The lowest BCUT2D eigenvalue weighted by Gasteiger charge is -2.21. The number of hydrogen-bond acceptors (Lipinski definition) is 2. The van der Waals surface area contributed by atoms with Gasteiger partial charge in [0.2, 0.25) is 0 Å². The molecule has 1 aromatic rings. The van der Waals surface area contributed by atoms with Crippen molar-refractivity contribution in [1.29, 1.82) is 0 Å². The zero-order valence-corrected chi connectivity index (χ0v) is 10.4. The van der Waals surface area contributed by atoms with Gasteiger partial charge in [-0.05, 0) is 23.1 Å². The maximum absolute atomic E-state index is 9.23. The topological polar surface area (TPSA) is 29.5 Å². The number of aliphatic hydroxyl groups is 1. The van der Waals surface area contributed by atoms with Gasteiger partial charge in [0.25, 0.3) is 0 Å². The number of benzene rings is 1. The van der Waals surface area contributed by atoms with Crippen LogP contribution >= 0.6 is 11.6 Å². The zero-order chi connectivity index (χ0) is 11.6. The van der Waals surface area contributed by atoms with E-state index in [-0.39, 0.29) is 12.0 Å². The summed E-state index contributed by atoms with van der Waals surface area (Å²) in [6.07, 6.45) is 0. The molecule has 0 unspecified atom stereocenters. The van der Waals surface area contributed by atoms with Crippen molar-refractivity contribution in [3.63, 3.8) is 0 Å². The summed E-state index contributed by atoms with van der Waals surface area (Å²) in [7, 11) is 1.55. The van der Waals surface area contributed by atoms with Crippen LogP contribution in [0.3, 0.4) is 0 Å². The van der Waals surface area contributed by atoms with E-state index in [9.17, 15) is 5.11 Å². The molecule has 0 saturated carbocycles. The molecule has 0 saturated heterocycles. The molecule has 0 fully saturated rings. The fourth-order valence-electron chi connectivity index (χ4n) is 1.43. The van der Waals surface area contributed by atoms with Crippen LogP contribution in [0.5, 0.6) is 5.75 Å². The van der Waals surface area contributed by atoms with E-state index in [1.54, 1.807) is 7.11 Å². The molecule has 0 radical (unpaired) electrons. The number of halogens is 1. The lowest BCUT2D eigenvalue weighted by molar-refractivity contribution is 0.273. The van der Waals surface area contributed by atoms with Gasteiger partial charge < -0.3 is 9.84 Å². The predicted molar refractivity (Wildman–Crippen MR) is 62.6 cm³/mol. The molecule has 0 aliphatic heterocycles. The minimum Gasteiger partial charge on any atom is -0.495 e. The van der Waals surface area contributed by atoms with Crippen molar-refractivity contribution in [3.8, 4) is 5.75 Å². The van der Waals surface area contributed by atoms with Crippen molar-refractivity contribution in [3.05, 3.63) is 28.3 Å². The molecule has 15 heavy (non-hydrogen) atoms. The highest BCUT2D eigenvalue weighted by atomic mass is 35.5. The Morgan fingerprint density at radius 2 is 1.93 bits per heavy atom. The van der Waals surface area contributed by atoms with E-state index in [2.05, 4.69) is 20.8 Å². The molecule has 0 aliphatic rings. The Morgan fingerprint density at radius 1 is 1.33 bits per heavy atom. The van der Waals surface area contributed by atoms with Crippen LogP contribution in [0.2, 0.25) is 5.02 Å². The monoisotopic (exact) mass is 228 g/mol. The summed E-state index contributed by atoms with van der Waals surface area (Å²) in [6, 6.07) is 3.82. The number of methoxy groups -OCH3 is 1. The van der Waals surface area contributed by atoms with Gasteiger partial charge >= 0.3 is 0 Å². The minimum absolute atomic E-state index is 0.0137. The Labute approximate surface area is 95.8 Å². The van der Waals surface area contributed by atoms with Gasteiger partial charge in [-0.15, -0.1) is 0 Å². The van der Waals surface area contributed by atoms with Gasteiger partial charge in [-0.3, -0.25) is 0 Å². The highest BCUT2D eigenvalue weighted by molar-refractivity contribution is 6.32. The van der Waals surface area contributed by atoms with Crippen molar-refractivity contribution < 1.29 is 9.84 Å². The fourth-order valence-corrected chi connectivity index (χ4v) is 1.75. The molecule has 0 aliphatic carbocycles. The molecule has 3 heteroatoms. The molecular formula is C12H17ClO2. The van der Waals surface area contributed by atoms with Gasteiger partial charge in [-0.25, -0.2) is 0 Å². The largest absolute Gasteiger partial charge is 0.495 e. The molecule has 0 amide bonds. The maximum Gasteiger partial charge on any atom is 0.142 e. The third-order valence-electron chi connectivity index (χ3n) is 2.36. The van der Waals surface area contributed by atoms with E-state index in [4.69, 9.17) is 16.3 Å². The van der Waals surface area contributed by atoms with Gasteiger partial charge in [0.1, 0.15) is 5.75 Å². The van der Waals surface area contributed by atoms with Crippen LogP contribution in [-0.4, -0.2) is 12.2 Å². The Balaban J connectivity index is 3.32. The Kier molecular flexibility index (Phi) is 3.63. The lowest BCUT2D eigenvalue weighted by Crippen LogP contribution is -2.12. The SMILES string of the molecule is COc1c(Cl)cc(C(C)(C)C)cc1CO. The van der Waals surface area contributed by atoms with Crippen LogP contribution in [0.25, 0.3) is 0 Å². The standard InChI is InChI=1S/C12H17ClO2/c1-12(2,3)9-5-8(7-14)11(15-4)10(13)6-9/h5-6,14H,7H2,1-4H3. The Bertz CT molecular complexity index is 353. The van der Waals surface area contributed by atoms with Gasteiger partial charge in [-0.2, -0.15) is 0 Å². The number of hydrogen-bond donors (Lipinski definition) is 1. The van der Waals surface area contributed by atoms with E-state index in [1.165, 1.54) is 0 Å². The predicted octanol–water partition coefficient (Wildman–Crippen LogP) is 3.14. The third kappa shape index (κ3) is 2.64. The molecule has 2 nitrogen and oxygen atoms in total. The van der Waals surface area contributed by atoms with E-state index in [0.717, 1.165) is 11.1 Å². The Morgan fingerprint density at radius 3 is 2.33 bits per heavy atom. The van der Waals surface area contributed by atoms with Crippen LogP contribution < -0.4 is 4.74 Å². The van der Waals surface area contributed by atoms with Gasteiger partial charge in [0.05, 0.1) is 18.7 Å². The number of aliphatic hydroxyl groups excluding tert-OH is 1. The molecular weight excluding hydrogens is 212 g/mol. The molecule has 0 bridgehead atoms. The normalized spacial score (nSPS) is 11.6. The minimum atomic E-state index is -0.0627. The van der Waals surface area contributed by atoms with Crippen LogP contribution in [0.4, 0.5) is 0 Å². The quantitative estimate of drug-likeness (QED) is 0.843. The first-order valence-corrected chi connectivity index (χ1v) is 5.25. The second-order valence-electron chi connectivity index (χ2n) is 4.56. The molecule has 0 spiro atoms. The van der Waals surface area contributed by atoms with Crippen molar-refractivity contribution in [1.82, 2.24) is 0 Å². The average Bonchev–Trinajstić information content (AvgIpc) is 2.15. The summed E-state index contributed by atoms with van der Waals surface area (Å²) in [5, 5.41) is 9.78. The highest BCUT2D eigenvalue weighted by Gasteiger charge is 2.18. The Hall–Kier alpha value is -0.730. The number of ether oxygens (including phenoxy) is 1. The second-order valence-corrected chi connectivity index (χ2v) is 4.97. The van der Waals surface area contributed by atoms with Gasteiger partial charge in [-0.1, -0.05) is 32.4 Å². The summed E-state index contributed by atoms with van der Waals surface area (Å²) in [4.78, 5) is 0. The maximum atomic E-state index is 9.23.